The third-order valence-corrected chi connectivity index (χ3v) is 7.02. The maximum Gasteiger partial charge on any atom is 0.246 e. The summed E-state index contributed by atoms with van der Waals surface area (Å²) >= 11 is 0. The molecule has 0 radical (unpaired) electrons. The molecule has 2 aromatic rings. The molecule has 0 unspecified atom stereocenters. The van der Waals surface area contributed by atoms with Gasteiger partial charge in [-0.2, -0.15) is 9.57 Å². The molecule has 1 aliphatic rings. The third-order valence-electron chi connectivity index (χ3n) is 5.11. The predicted molar refractivity (Wildman–Crippen MR) is 120 cm³/mol. The van der Waals surface area contributed by atoms with Gasteiger partial charge in [-0.1, -0.05) is 23.8 Å². The van der Waals surface area contributed by atoms with Crippen LogP contribution in [-0.4, -0.2) is 63.4 Å². The van der Waals surface area contributed by atoms with Gasteiger partial charge < -0.3 is 14.4 Å². The Morgan fingerprint density at radius 2 is 1.78 bits per heavy atom. The van der Waals surface area contributed by atoms with Crippen LogP contribution >= 0.6 is 0 Å². The van der Waals surface area contributed by atoms with Crippen molar-refractivity contribution < 1.29 is 22.7 Å². The van der Waals surface area contributed by atoms with Crippen LogP contribution in [0.4, 0.5) is 0 Å². The lowest BCUT2D eigenvalue weighted by Gasteiger charge is -2.33. The number of hydrogen-bond acceptors (Lipinski definition) is 6. The zero-order valence-electron chi connectivity index (χ0n) is 18.0. The summed E-state index contributed by atoms with van der Waals surface area (Å²) in [7, 11) is -2.07. The Bertz CT molecular complexity index is 1130. The summed E-state index contributed by atoms with van der Waals surface area (Å²) in [6.07, 6.45) is 3.11. The Morgan fingerprint density at radius 3 is 2.41 bits per heavy atom. The predicted octanol–water partition coefficient (Wildman–Crippen LogP) is 2.45. The maximum absolute atomic E-state index is 12.8. The molecule has 1 aliphatic heterocycles. The van der Waals surface area contributed by atoms with Crippen LogP contribution in [0.2, 0.25) is 0 Å². The quantitative estimate of drug-likeness (QED) is 0.595. The van der Waals surface area contributed by atoms with E-state index in [1.807, 2.05) is 13.0 Å². The summed E-state index contributed by atoms with van der Waals surface area (Å²) in [5, 5.41) is 8.64. The van der Waals surface area contributed by atoms with E-state index in [2.05, 4.69) is 0 Å². The van der Waals surface area contributed by atoms with E-state index in [-0.39, 0.29) is 30.5 Å². The van der Waals surface area contributed by atoms with Crippen LogP contribution in [0.1, 0.15) is 11.1 Å². The summed E-state index contributed by atoms with van der Waals surface area (Å²) in [6.45, 7) is 2.94. The number of amides is 1. The lowest BCUT2D eigenvalue weighted by molar-refractivity contribution is -0.127. The molecule has 2 aromatic carbocycles. The van der Waals surface area contributed by atoms with Gasteiger partial charge in [-0.3, -0.25) is 4.79 Å². The molecule has 9 heteroatoms. The largest absolute Gasteiger partial charge is 0.493 e. The molecule has 0 bridgehead atoms. The van der Waals surface area contributed by atoms with Crippen LogP contribution in [0.15, 0.2) is 53.4 Å². The summed E-state index contributed by atoms with van der Waals surface area (Å²) < 4.78 is 37.6. The first-order valence-electron chi connectivity index (χ1n) is 10.1. The molecule has 3 rings (SSSR count). The van der Waals surface area contributed by atoms with E-state index in [9.17, 15) is 13.2 Å². The van der Waals surface area contributed by atoms with Gasteiger partial charge in [-0.25, -0.2) is 8.42 Å². The van der Waals surface area contributed by atoms with E-state index >= 15 is 0 Å². The summed E-state index contributed by atoms with van der Waals surface area (Å²) in [6, 6.07) is 13.8. The van der Waals surface area contributed by atoms with Crippen molar-refractivity contribution in [3.63, 3.8) is 0 Å². The van der Waals surface area contributed by atoms with Gasteiger partial charge in [0.05, 0.1) is 12.0 Å². The molecule has 168 valence electrons. The van der Waals surface area contributed by atoms with Crippen LogP contribution in [0.5, 0.6) is 11.5 Å². The molecule has 1 fully saturated rings. The summed E-state index contributed by atoms with van der Waals surface area (Å²) in [5.74, 6) is 0.717. The molecule has 0 N–H and O–H groups in total. The van der Waals surface area contributed by atoms with Gasteiger partial charge in [-0.05, 0) is 42.8 Å². The fourth-order valence-corrected chi connectivity index (χ4v) is 4.72. The molecule has 1 amide bonds. The van der Waals surface area contributed by atoms with E-state index in [4.69, 9.17) is 14.7 Å². The van der Waals surface area contributed by atoms with Crippen molar-refractivity contribution in [3.8, 4) is 17.6 Å². The molecule has 0 atom stereocenters. The number of sulfonamides is 1. The Morgan fingerprint density at radius 1 is 1.09 bits per heavy atom. The fourth-order valence-electron chi connectivity index (χ4n) is 3.30. The SMILES string of the molecule is COc1cc(C=CC(=O)N2CCN(S(=O)(=O)c3ccc(C)cc3)CC2)ccc1OCC#N. The average molecular weight is 456 g/mol. The number of carbonyl (C=O) groups excluding carboxylic acids is 1. The van der Waals surface area contributed by atoms with Crippen LogP contribution in [0, 0.1) is 18.3 Å². The second-order valence-electron chi connectivity index (χ2n) is 7.23. The number of benzene rings is 2. The van der Waals surface area contributed by atoms with Crippen molar-refractivity contribution in [3.05, 3.63) is 59.7 Å². The molecule has 0 spiro atoms. The first-order valence-corrected chi connectivity index (χ1v) is 11.5. The first kappa shape index (κ1) is 23.3. The second kappa shape index (κ2) is 10.3. The monoisotopic (exact) mass is 455 g/mol. The molecule has 0 saturated carbocycles. The molecule has 32 heavy (non-hydrogen) atoms. The number of aryl methyl sites for hydroxylation is 1. The normalized spacial score (nSPS) is 14.8. The van der Waals surface area contributed by atoms with Crippen molar-refractivity contribution in [2.75, 3.05) is 39.9 Å². The van der Waals surface area contributed by atoms with Gasteiger partial charge in [0.25, 0.3) is 0 Å². The van der Waals surface area contributed by atoms with Crippen molar-refractivity contribution in [2.45, 2.75) is 11.8 Å². The molecular formula is C23H25N3O5S. The van der Waals surface area contributed by atoms with Crippen molar-refractivity contribution in [2.24, 2.45) is 0 Å². The van der Waals surface area contributed by atoms with Crippen molar-refractivity contribution in [1.29, 1.82) is 5.26 Å². The lowest BCUT2D eigenvalue weighted by Crippen LogP contribution is -2.50. The Hall–Kier alpha value is -3.35. The number of carbonyl (C=O) groups is 1. The van der Waals surface area contributed by atoms with E-state index < -0.39 is 10.0 Å². The summed E-state index contributed by atoms with van der Waals surface area (Å²) in [5.41, 5.74) is 1.73. The van der Waals surface area contributed by atoms with Gasteiger partial charge >= 0.3 is 0 Å². The van der Waals surface area contributed by atoms with Gasteiger partial charge in [0.15, 0.2) is 18.1 Å². The highest BCUT2D eigenvalue weighted by Crippen LogP contribution is 2.28. The average Bonchev–Trinajstić information content (AvgIpc) is 2.81. The maximum atomic E-state index is 12.8. The highest BCUT2D eigenvalue weighted by molar-refractivity contribution is 7.89. The fraction of sp³-hybridized carbons (Fsp3) is 0.304. The second-order valence-corrected chi connectivity index (χ2v) is 9.17. The van der Waals surface area contributed by atoms with E-state index in [1.165, 1.54) is 17.5 Å². The standard InChI is InChI=1S/C23H25N3O5S/c1-18-3-7-20(8-4-18)32(28,29)26-14-12-25(13-15-26)23(27)10-6-19-5-9-21(31-16-11-24)22(17-19)30-2/h3-10,17H,12-16H2,1-2H3. The molecule has 8 nitrogen and oxygen atoms in total. The van der Waals surface area contributed by atoms with Gasteiger partial charge in [0.2, 0.25) is 15.9 Å². The van der Waals surface area contributed by atoms with Gasteiger partial charge in [0.1, 0.15) is 6.07 Å². The number of rotatable bonds is 7. The van der Waals surface area contributed by atoms with Crippen LogP contribution < -0.4 is 9.47 Å². The molecule has 1 heterocycles. The zero-order chi connectivity index (χ0) is 23.1. The minimum Gasteiger partial charge on any atom is -0.493 e. The van der Waals surface area contributed by atoms with Crippen molar-refractivity contribution >= 4 is 22.0 Å². The minimum absolute atomic E-state index is 0.0877. The van der Waals surface area contributed by atoms with Crippen LogP contribution in [0.3, 0.4) is 0 Å². The number of nitrogens with zero attached hydrogens (tertiary/aromatic N) is 3. The molecule has 1 saturated heterocycles. The molecular weight excluding hydrogens is 430 g/mol. The number of ether oxygens (including phenoxy) is 2. The summed E-state index contributed by atoms with van der Waals surface area (Å²) in [4.78, 5) is 14.5. The van der Waals surface area contributed by atoms with E-state index in [0.717, 1.165) is 11.1 Å². The van der Waals surface area contributed by atoms with Crippen LogP contribution in [0.25, 0.3) is 6.08 Å². The molecule has 0 aliphatic carbocycles. The number of hydrogen-bond donors (Lipinski definition) is 0. The highest BCUT2D eigenvalue weighted by atomic mass is 32.2. The van der Waals surface area contributed by atoms with E-state index in [1.54, 1.807) is 53.4 Å². The Balaban J connectivity index is 1.60. The van der Waals surface area contributed by atoms with Crippen molar-refractivity contribution in [1.82, 2.24) is 9.21 Å². The number of nitriles is 1. The van der Waals surface area contributed by atoms with Gasteiger partial charge in [-0.15, -0.1) is 0 Å². The topological polar surface area (TPSA) is 99.9 Å². The smallest absolute Gasteiger partial charge is 0.246 e. The number of methoxy groups -OCH3 is 1. The number of piperazine rings is 1. The van der Waals surface area contributed by atoms with E-state index in [0.29, 0.717) is 24.6 Å². The van der Waals surface area contributed by atoms with Crippen LogP contribution in [-0.2, 0) is 14.8 Å². The lowest BCUT2D eigenvalue weighted by atomic mass is 10.2. The van der Waals surface area contributed by atoms with Gasteiger partial charge in [0, 0.05) is 32.3 Å². The minimum atomic E-state index is -3.57. The highest BCUT2D eigenvalue weighted by Gasteiger charge is 2.29. The zero-order valence-corrected chi connectivity index (χ0v) is 18.8. The first-order chi connectivity index (χ1) is 15.3. The Kier molecular flexibility index (Phi) is 7.51. The molecule has 0 aromatic heterocycles. The third kappa shape index (κ3) is 5.46. The Labute approximate surface area is 188 Å².